The number of carbonyl (C=O) groups is 2. The van der Waals surface area contributed by atoms with Gasteiger partial charge in [-0.3, -0.25) is 10.1 Å². The summed E-state index contributed by atoms with van der Waals surface area (Å²) >= 11 is 0. The number of likely N-dealkylation sites (tertiary alicyclic amines) is 2. The largest absolute Gasteiger partial charge is 0.342 e. The summed E-state index contributed by atoms with van der Waals surface area (Å²) in [4.78, 5) is 29.0. The number of nitrogens with zero attached hydrogens (tertiary/aromatic N) is 6. The molecule has 2 aliphatic rings. The summed E-state index contributed by atoms with van der Waals surface area (Å²) in [5.74, 6) is 0.746. The van der Waals surface area contributed by atoms with Crippen molar-refractivity contribution in [2.75, 3.05) is 38.0 Å². The maximum Gasteiger partial charge on any atom is 0.321 e. The van der Waals surface area contributed by atoms with Crippen LogP contribution in [0.25, 0.3) is 0 Å². The quantitative estimate of drug-likeness (QED) is 0.662. The third-order valence-corrected chi connectivity index (χ3v) is 6.87. The number of benzene rings is 1. The monoisotopic (exact) mass is 472 g/mol. The number of carbonyl (C=O) groups excluding carboxylic acids is 2. The Kier molecular flexibility index (Phi) is 7.71. The molecule has 4 rings (SSSR count). The number of hydrogen-bond acceptors (Lipinski definition) is 6. The Labute approximate surface area is 198 Å². The maximum absolute atomic E-state index is 13.2. The molecule has 3 amide bonds. The van der Waals surface area contributed by atoms with Crippen LogP contribution >= 0.6 is 0 Å². The van der Waals surface area contributed by atoms with Crippen molar-refractivity contribution >= 4 is 17.9 Å². The average molecular weight is 473 g/mol. The molecule has 2 aliphatic heterocycles. The Morgan fingerprint density at radius 2 is 1.94 bits per heavy atom. The van der Waals surface area contributed by atoms with Gasteiger partial charge in [0.05, 0.1) is 0 Å². The molecule has 11 heteroatoms. The van der Waals surface area contributed by atoms with Gasteiger partial charge >= 0.3 is 6.03 Å². The number of urea groups is 1. The van der Waals surface area contributed by atoms with Gasteiger partial charge < -0.3 is 15.1 Å². The van der Waals surface area contributed by atoms with Crippen LogP contribution in [0, 0.1) is 17.7 Å². The number of nitrogens with one attached hydrogen (secondary N) is 2. The van der Waals surface area contributed by atoms with E-state index in [2.05, 4.69) is 31.1 Å². The first kappa shape index (κ1) is 24.1. The molecule has 3 atom stereocenters. The van der Waals surface area contributed by atoms with Crippen molar-refractivity contribution < 1.29 is 14.0 Å². The fourth-order valence-corrected chi connectivity index (χ4v) is 5.10. The topological polar surface area (TPSA) is 108 Å². The van der Waals surface area contributed by atoms with E-state index < -0.39 is 0 Å². The number of aromatic nitrogens is 4. The minimum atomic E-state index is -0.350. The molecule has 10 nitrogen and oxygen atoms in total. The van der Waals surface area contributed by atoms with Gasteiger partial charge in [-0.05, 0) is 66.3 Å². The highest BCUT2D eigenvalue weighted by Gasteiger charge is 2.34. The van der Waals surface area contributed by atoms with Crippen LogP contribution in [0.15, 0.2) is 24.3 Å². The Balaban J connectivity index is 1.37. The van der Waals surface area contributed by atoms with Crippen molar-refractivity contribution in [3.63, 3.8) is 0 Å². The van der Waals surface area contributed by atoms with E-state index in [1.807, 2.05) is 17.0 Å². The number of amides is 3. The highest BCUT2D eigenvalue weighted by Crippen LogP contribution is 2.25. The zero-order valence-electron chi connectivity index (χ0n) is 19.8. The molecule has 0 bridgehead atoms. The van der Waals surface area contributed by atoms with Crippen LogP contribution in [0.5, 0.6) is 0 Å². The summed E-state index contributed by atoms with van der Waals surface area (Å²) < 4.78 is 14.6. The van der Waals surface area contributed by atoms with Crippen molar-refractivity contribution in [3.05, 3.63) is 35.6 Å². The van der Waals surface area contributed by atoms with Crippen molar-refractivity contribution in [2.45, 2.75) is 38.6 Å². The molecule has 0 aliphatic carbocycles. The van der Waals surface area contributed by atoms with Gasteiger partial charge in [0.25, 0.3) is 5.95 Å². The number of hydrogen-bond donors (Lipinski definition) is 2. The first-order chi connectivity index (χ1) is 16.4. The van der Waals surface area contributed by atoms with Gasteiger partial charge in [0.15, 0.2) is 0 Å². The molecular formula is C23H33FN8O2. The van der Waals surface area contributed by atoms with Gasteiger partial charge in [0.2, 0.25) is 5.91 Å². The van der Waals surface area contributed by atoms with Crippen LogP contribution in [-0.4, -0.2) is 80.7 Å². The van der Waals surface area contributed by atoms with Crippen molar-refractivity contribution in [1.29, 1.82) is 0 Å². The van der Waals surface area contributed by atoms with Crippen LogP contribution in [0.2, 0.25) is 0 Å². The van der Waals surface area contributed by atoms with Crippen molar-refractivity contribution in [2.24, 2.45) is 18.9 Å². The zero-order chi connectivity index (χ0) is 24.1. The molecule has 3 heterocycles. The summed E-state index contributed by atoms with van der Waals surface area (Å²) in [5.41, 5.74) is 1.16. The molecule has 2 N–H and O–H groups in total. The van der Waals surface area contributed by atoms with E-state index >= 15 is 0 Å². The number of tetrazole rings is 1. The Bertz CT molecular complexity index is 982. The van der Waals surface area contributed by atoms with E-state index in [0.29, 0.717) is 25.4 Å². The Hall–Kier alpha value is -3.08. The SMILES string of the molecule is CC(=O)N1CC[C@@H](NC(=O)Nc2nnnn2C)[C@H](CN2CCC[C@@H](Cc3ccc(F)cc3)C2)C1. The van der Waals surface area contributed by atoms with Gasteiger partial charge in [-0.15, -0.1) is 0 Å². The molecule has 34 heavy (non-hydrogen) atoms. The molecule has 0 unspecified atom stereocenters. The second-order valence-electron chi connectivity index (χ2n) is 9.44. The van der Waals surface area contributed by atoms with Crippen LogP contribution in [-0.2, 0) is 18.3 Å². The summed E-state index contributed by atoms with van der Waals surface area (Å²) in [5, 5.41) is 16.8. The van der Waals surface area contributed by atoms with Crippen LogP contribution < -0.4 is 10.6 Å². The van der Waals surface area contributed by atoms with Gasteiger partial charge in [0, 0.05) is 52.1 Å². The first-order valence-corrected chi connectivity index (χ1v) is 11.9. The third-order valence-electron chi connectivity index (χ3n) is 6.87. The molecular weight excluding hydrogens is 439 g/mol. The van der Waals surface area contributed by atoms with Crippen LogP contribution in [0.4, 0.5) is 15.1 Å². The van der Waals surface area contributed by atoms with E-state index in [-0.39, 0.29) is 35.7 Å². The van der Waals surface area contributed by atoms with E-state index in [0.717, 1.165) is 44.5 Å². The smallest absolute Gasteiger partial charge is 0.321 e. The lowest BCUT2D eigenvalue weighted by molar-refractivity contribution is -0.131. The van der Waals surface area contributed by atoms with E-state index in [4.69, 9.17) is 0 Å². The van der Waals surface area contributed by atoms with Gasteiger partial charge in [0.1, 0.15) is 5.82 Å². The predicted molar refractivity (Wildman–Crippen MR) is 124 cm³/mol. The number of anilines is 1. The Morgan fingerprint density at radius 1 is 1.15 bits per heavy atom. The minimum Gasteiger partial charge on any atom is -0.342 e. The second-order valence-corrected chi connectivity index (χ2v) is 9.44. The lowest BCUT2D eigenvalue weighted by Gasteiger charge is -2.42. The molecule has 0 radical (unpaired) electrons. The first-order valence-electron chi connectivity index (χ1n) is 11.9. The normalized spacial score (nSPS) is 23.5. The van der Waals surface area contributed by atoms with Crippen LogP contribution in [0.3, 0.4) is 0 Å². The summed E-state index contributed by atoms with van der Waals surface area (Å²) in [6.45, 7) is 5.59. The lowest BCUT2D eigenvalue weighted by Crippen LogP contribution is -2.56. The van der Waals surface area contributed by atoms with Crippen LogP contribution in [0.1, 0.15) is 31.7 Å². The van der Waals surface area contributed by atoms with Gasteiger partial charge in [-0.1, -0.05) is 17.2 Å². The standard InChI is InChI=1S/C23H33FN8O2/c1-16(33)32-11-9-21(25-23(34)26-22-27-28-29-30(22)2)19(15-32)14-31-10-3-4-18(13-31)12-17-5-7-20(24)8-6-17/h5-8,18-19,21H,3-4,9-15H2,1-2H3,(H2,25,26,27,29,34)/t18-,19+,21+/m0/s1. The third kappa shape index (κ3) is 6.28. The summed E-state index contributed by atoms with van der Waals surface area (Å²) in [6, 6.07) is 6.36. The minimum absolute atomic E-state index is 0.0609. The van der Waals surface area contributed by atoms with Crippen molar-refractivity contribution in [3.8, 4) is 0 Å². The zero-order valence-corrected chi connectivity index (χ0v) is 19.8. The van der Waals surface area contributed by atoms with E-state index in [9.17, 15) is 14.0 Å². The molecule has 1 aromatic heterocycles. The molecule has 2 saturated heterocycles. The van der Waals surface area contributed by atoms with E-state index in [1.165, 1.54) is 16.8 Å². The predicted octanol–water partition coefficient (Wildman–Crippen LogP) is 1.66. The van der Waals surface area contributed by atoms with Gasteiger partial charge in [-0.2, -0.15) is 0 Å². The number of rotatable bonds is 6. The molecule has 184 valence electrons. The number of piperidine rings is 2. The second kappa shape index (κ2) is 10.9. The molecule has 2 aromatic rings. The highest BCUT2D eigenvalue weighted by atomic mass is 19.1. The van der Waals surface area contributed by atoms with Gasteiger partial charge in [-0.25, -0.2) is 13.9 Å². The summed E-state index contributed by atoms with van der Waals surface area (Å²) in [6.07, 6.45) is 3.87. The number of aryl methyl sites for hydroxylation is 1. The maximum atomic E-state index is 13.2. The van der Waals surface area contributed by atoms with Crippen molar-refractivity contribution in [1.82, 2.24) is 35.3 Å². The fourth-order valence-electron chi connectivity index (χ4n) is 5.10. The molecule has 1 aromatic carbocycles. The fraction of sp³-hybridized carbons (Fsp3) is 0.609. The summed E-state index contributed by atoms with van der Waals surface area (Å²) in [7, 11) is 1.66. The molecule has 2 fully saturated rings. The lowest BCUT2D eigenvalue weighted by atomic mass is 9.88. The number of halogens is 1. The molecule has 0 saturated carbocycles. The highest BCUT2D eigenvalue weighted by molar-refractivity contribution is 5.87. The Morgan fingerprint density at radius 3 is 2.65 bits per heavy atom. The average Bonchev–Trinajstić information content (AvgIpc) is 3.21. The molecule has 0 spiro atoms. The van der Waals surface area contributed by atoms with E-state index in [1.54, 1.807) is 14.0 Å².